The van der Waals surface area contributed by atoms with Gasteiger partial charge in [0.1, 0.15) is 6.04 Å². The largest absolute Gasteiger partial charge is 0.322 e. The average molecular weight is 292 g/mol. The number of thioether (sulfide) groups is 1. The van der Waals surface area contributed by atoms with E-state index in [4.69, 9.17) is 0 Å². The molecule has 0 bridgehead atoms. The Labute approximate surface area is 126 Å². The van der Waals surface area contributed by atoms with E-state index in [9.17, 15) is 4.79 Å². The van der Waals surface area contributed by atoms with Gasteiger partial charge in [0.2, 0.25) is 5.91 Å². The third kappa shape index (κ3) is 3.18. The van der Waals surface area contributed by atoms with E-state index in [1.54, 1.807) is 11.8 Å². The molecular weight excluding hydrogens is 268 g/mol. The van der Waals surface area contributed by atoms with Gasteiger partial charge in [-0.1, -0.05) is 43.7 Å². The fourth-order valence-electron chi connectivity index (χ4n) is 2.87. The lowest BCUT2D eigenvalue weighted by molar-refractivity contribution is -0.131. The van der Waals surface area contributed by atoms with E-state index in [0.29, 0.717) is 0 Å². The first-order valence-electron chi connectivity index (χ1n) is 7.31. The van der Waals surface area contributed by atoms with Crippen molar-refractivity contribution in [2.75, 3.05) is 12.0 Å². The minimum Gasteiger partial charge on any atom is -0.322 e. The number of nitrogens with one attached hydrogen (secondary N) is 1. The smallest absolute Gasteiger partial charge is 0.245 e. The molecule has 0 saturated carbocycles. The summed E-state index contributed by atoms with van der Waals surface area (Å²) >= 11 is 1.79. The number of hydrogen-bond donors (Lipinski definition) is 1. The number of amides is 1. The van der Waals surface area contributed by atoms with Crippen LogP contribution in [0.2, 0.25) is 0 Å². The van der Waals surface area contributed by atoms with Gasteiger partial charge in [-0.2, -0.15) is 11.8 Å². The topological polar surface area (TPSA) is 32.3 Å². The zero-order valence-corrected chi connectivity index (χ0v) is 13.3. The molecule has 1 aliphatic heterocycles. The predicted molar refractivity (Wildman–Crippen MR) is 85.7 cm³/mol. The maximum Gasteiger partial charge on any atom is 0.245 e. The van der Waals surface area contributed by atoms with Crippen molar-refractivity contribution in [1.29, 1.82) is 0 Å². The second-order valence-electron chi connectivity index (χ2n) is 5.36. The maximum atomic E-state index is 12.8. The maximum absolute atomic E-state index is 12.8. The van der Waals surface area contributed by atoms with E-state index in [1.165, 1.54) is 0 Å². The van der Waals surface area contributed by atoms with Gasteiger partial charge in [0.05, 0.1) is 6.17 Å². The van der Waals surface area contributed by atoms with Gasteiger partial charge in [0.15, 0.2) is 0 Å². The molecule has 3 nitrogen and oxygen atoms in total. The summed E-state index contributed by atoms with van der Waals surface area (Å²) < 4.78 is 0. The van der Waals surface area contributed by atoms with Crippen LogP contribution in [0.5, 0.6) is 0 Å². The minimum absolute atomic E-state index is 0.167. The highest BCUT2D eigenvalue weighted by Gasteiger charge is 2.41. The van der Waals surface area contributed by atoms with Crippen molar-refractivity contribution in [3.8, 4) is 0 Å². The summed E-state index contributed by atoms with van der Waals surface area (Å²) in [7, 11) is 0. The molecule has 1 heterocycles. The number of carbonyl (C=O) groups excluding carboxylic acids is 1. The summed E-state index contributed by atoms with van der Waals surface area (Å²) in [6.45, 7) is 4.31. The summed E-state index contributed by atoms with van der Waals surface area (Å²) in [5.41, 5.74) is 1.07. The van der Waals surface area contributed by atoms with Crippen molar-refractivity contribution in [2.24, 2.45) is 0 Å². The van der Waals surface area contributed by atoms with Crippen molar-refractivity contribution in [2.45, 2.75) is 44.9 Å². The molecule has 1 saturated heterocycles. The zero-order valence-electron chi connectivity index (χ0n) is 12.5. The van der Waals surface area contributed by atoms with Crippen LogP contribution in [-0.2, 0) is 4.79 Å². The van der Waals surface area contributed by atoms with E-state index >= 15 is 0 Å². The molecule has 20 heavy (non-hydrogen) atoms. The van der Waals surface area contributed by atoms with Crippen LogP contribution in [0.3, 0.4) is 0 Å². The first kappa shape index (κ1) is 15.4. The third-order valence-electron chi connectivity index (χ3n) is 3.77. The Morgan fingerprint density at radius 3 is 2.65 bits per heavy atom. The molecule has 1 amide bonds. The SMILES string of the molecule is CCCC1NC(c2ccccc2)C(=O)N1C(C)CSC. The van der Waals surface area contributed by atoms with Gasteiger partial charge >= 0.3 is 0 Å². The molecular formula is C16H24N2OS. The lowest BCUT2D eigenvalue weighted by Crippen LogP contribution is -2.44. The molecule has 4 heteroatoms. The van der Waals surface area contributed by atoms with Gasteiger partial charge in [-0.05, 0) is 25.2 Å². The highest BCUT2D eigenvalue weighted by atomic mass is 32.2. The fraction of sp³-hybridized carbons (Fsp3) is 0.562. The Bertz CT molecular complexity index is 437. The molecule has 2 rings (SSSR count). The summed E-state index contributed by atoms with van der Waals surface area (Å²) in [6, 6.07) is 10.1. The van der Waals surface area contributed by atoms with Crippen LogP contribution in [-0.4, -0.2) is 35.0 Å². The predicted octanol–water partition coefficient (Wildman–Crippen LogP) is 3.04. The molecule has 0 radical (unpaired) electrons. The Balaban J connectivity index is 2.20. The monoisotopic (exact) mass is 292 g/mol. The van der Waals surface area contributed by atoms with Crippen LogP contribution in [0, 0.1) is 0 Å². The zero-order chi connectivity index (χ0) is 14.5. The fourth-order valence-corrected chi connectivity index (χ4v) is 3.52. The van der Waals surface area contributed by atoms with Crippen molar-refractivity contribution >= 4 is 17.7 Å². The van der Waals surface area contributed by atoms with Crippen LogP contribution in [0.15, 0.2) is 30.3 Å². The average Bonchev–Trinajstić information content (AvgIpc) is 2.77. The first-order valence-corrected chi connectivity index (χ1v) is 8.70. The van der Waals surface area contributed by atoms with Crippen LogP contribution in [0.1, 0.15) is 38.3 Å². The highest BCUT2D eigenvalue weighted by molar-refractivity contribution is 7.98. The molecule has 0 aliphatic carbocycles. The standard InChI is InChI=1S/C16H24N2OS/c1-4-8-14-17-15(13-9-6-5-7-10-13)16(19)18(14)12(2)11-20-3/h5-7,9-10,12,14-15,17H,4,8,11H2,1-3H3. The summed E-state index contributed by atoms with van der Waals surface area (Å²) in [6.07, 6.45) is 4.34. The molecule has 1 fully saturated rings. The molecule has 1 N–H and O–H groups in total. The van der Waals surface area contributed by atoms with Gasteiger partial charge in [-0.25, -0.2) is 0 Å². The first-order chi connectivity index (χ1) is 9.69. The lowest BCUT2D eigenvalue weighted by atomic mass is 10.1. The van der Waals surface area contributed by atoms with Gasteiger partial charge < -0.3 is 4.90 Å². The quantitative estimate of drug-likeness (QED) is 0.874. The van der Waals surface area contributed by atoms with E-state index in [0.717, 1.165) is 24.2 Å². The highest BCUT2D eigenvalue weighted by Crippen LogP contribution is 2.28. The van der Waals surface area contributed by atoms with E-state index in [2.05, 4.69) is 30.3 Å². The van der Waals surface area contributed by atoms with E-state index in [1.807, 2.05) is 30.3 Å². The van der Waals surface area contributed by atoms with Crippen LogP contribution < -0.4 is 5.32 Å². The van der Waals surface area contributed by atoms with Crippen molar-refractivity contribution < 1.29 is 4.79 Å². The van der Waals surface area contributed by atoms with Crippen LogP contribution in [0.4, 0.5) is 0 Å². The second kappa shape index (κ2) is 7.14. The Morgan fingerprint density at radius 2 is 2.05 bits per heavy atom. The van der Waals surface area contributed by atoms with E-state index in [-0.39, 0.29) is 24.2 Å². The molecule has 3 atom stereocenters. The molecule has 110 valence electrons. The van der Waals surface area contributed by atoms with Crippen LogP contribution in [0.25, 0.3) is 0 Å². The van der Waals surface area contributed by atoms with Gasteiger partial charge in [-0.3, -0.25) is 10.1 Å². The molecule has 1 aromatic carbocycles. The summed E-state index contributed by atoms with van der Waals surface area (Å²) in [4.78, 5) is 14.8. The second-order valence-corrected chi connectivity index (χ2v) is 6.28. The Morgan fingerprint density at radius 1 is 1.35 bits per heavy atom. The van der Waals surface area contributed by atoms with Crippen molar-refractivity contribution in [3.63, 3.8) is 0 Å². The number of hydrogen-bond acceptors (Lipinski definition) is 3. The number of carbonyl (C=O) groups is 1. The van der Waals surface area contributed by atoms with Gasteiger partial charge in [0.25, 0.3) is 0 Å². The third-order valence-corrected chi connectivity index (χ3v) is 4.59. The normalized spacial score (nSPS) is 24.1. The van der Waals surface area contributed by atoms with Crippen molar-refractivity contribution in [1.82, 2.24) is 10.2 Å². The van der Waals surface area contributed by atoms with Crippen molar-refractivity contribution in [3.05, 3.63) is 35.9 Å². The Kier molecular flexibility index (Phi) is 5.49. The molecule has 3 unspecified atom stereocenters. The molecule has 0 spiro atoms. The Hall–Kier alpha value is -1.00. The summed E-state index contributed by atoms with van der Waals surface area (Å²) in [5, 5.41) is 3.51. The lowest BCUT2D eigenvalue weighted by Gasteiger charge is -2.29. The minimum atomic E-state index is -0.183. The molecule has 1 aliphatic rings. The van der Waals surface area contributed by atoms with E-state index < -0.39 is 0 Å². The van der Waals surface area contributed by atoms with Crippen LogP contribution >= 0.6 is 11.8 Å². The number of rotatable bonds is 6. The number of nitrogens with zero attached hydrogens (tertiary/aromatic N) is 1. The molecule has 0 aromatic heterocycles. The summed E-state index contributed by atoms with van der Waals surface area (Å²) in [5.74, 6) is 1.20. The van der Waals surface area contributed by atoms with Gasteiger partial charge in [-0.15, -0.1) is 0 Å². The molecule has 1 aromatic rings. The number of benzene rings is 1. The van der Waals surface area contributed by atoms with Gasteiger partial charge in [0, 0.05) is 11.8 Å².